The van der Waals surface area contributed by atoms with Crippen LogP contribution < -0.4 is 10.1 Å². The van der Waals surface area contributed by atoms with Crippen LogP contribution in [0.25, 0.3) is 0 Å². The third-order valence-electron chi connectivity index (χ3n) is 3.55. The van der Waals surface area contributed by atoms with Gasteiger partial charge in [0.25, 0.3) is 5.91 Å². The maximum absolute atomic E-state index is 12.0. The maximum atomic E-state index is 12.0. The van der Waals surface area contributed by atoms with E-state index in [2.05, 4.69) is 21.2 Å². The molecule has 0 radical (unpaired) electrons. The first-order valence-corrected chi connectivity index (χ1v) is 8.70. The van der Waals surface area contributed by atoms with Crippen LogP contribution in [0.4, 0.5) is 5.69 Å². The van der Waals surface area contributed by atoms with E-state index in [0.29, 0.717) is 11.7 Å². The fourth-order valence-corrected chi connectivity index (χ4v) is 3.58. The first-order chi connectivity index (χ1) is 10.2. The molecule has 1 N–H and O–H groups in total. The molecule has 0 aliphatic heterocycles. The Labute approximate surface area is 136 Å². The summed E-state index contributed by atoms with van der Waals surface area (Å²) in [7, 11) is 0. The predicted molar refractivity (Wildman–Crippen MR) is 89.3 cm³/mol. The van der Waals surface area contributed by atoms with Gasteiger partial charge in [-0.2, -0.15) is 0 Å². The molecule has 1 fully saturated rings. The Hall–Kier alpha value is -1.33. The van der Waals surface area contributed by atoms with E-state index in [1.54, 1.807) is 0 Å². The van der Waals surface area contributed by atoms with Gasteiger partial charge in [0.2, 0.25) is 0 Å². The molecule has 2 aromatic rings. The molecule has 3 nitrogen and oxygen atoms in total. The summed E-state index contributed by atoms with van der Waals surface area (Å²) in [5.74, 6) is 0.777. The number of ether oxygens (including phenoxy) is 1. The number of anilines is 1. The topological polar surface area (TPSA) is 38.3 Å². The lowest BCUT2D eigenvalue weighted by atomic mass is 10.2. The summed E-state index contributed by atoms with van der Waals surface area (Å²) in [4.78, 5) is 12.0. The Morgan fingerprint density at radius 1 is 1.24 bits per heavy atom. The van der Waals surface area contributed by atoms with Crippen molar-refractivity contribution in [2.75, 3.05) is 5.32 Å². The highest BCUT2D eigenvalue weighted by Gasteiger charge is 2.16. The SMILES string of the molecule is O=C(Nc1ccc(OC2CCCC2)cc1)c1csc(Br)c1. The molecule has 110 valence electrons. The van der Waals surface area contributed by atoms with E-state index in [4.69, 9.17) is 4.74 Å². The average molecular weight is 366 g/mol. The van der Waals surface area contributed by atoms with Crippen LogP contribution in [0.1, 0.15) is 36.0 Å². The van der Waals surface area contributed by atoms with Gasteiger partial charge in [-0.3, -0.25) is 4.79 Å². The number of thiophene rings is 1. The van der Waals surface area contributed by atoms with Crippen molar-refractivity contribution in [3.05, 3.63) is 45.1 Å². The molecule has 1 aromatic heterocycles. The minimum atomic E-state index is -0.0959. The van der Waals surface area contributed by atoms with Crippen molar-refractivity contribution >= 4 is 38.9 Å². The van der Waals surface area contributed by atoms with Gasteiger partial charge in [-0.15, -0.1) is 11.3 Å². The maximum Gasteiger partial charge on any atom is 0.256 e. The van der Waals surface area contributed by atoms with Gasteiger partial charge in [-0.25, -0.2) is 0 Å². The molecular formula is C16H16BrNO2S. The molecule has 1 aliphatic rings. The molecule has 0 unspecified atom stereocenters. The van der Waals surface area contributed by atoms with E-state index in [9.17, 15) is 4.79 Å². The molecule has 0 atom stereocenters. The Balaban J connectivity index is 1.60. The highest BCUT2D eigenvalue weighted by atomic mass is 79.9. The Bertz CT molecular complexity index is 617. The first kappa shape index (κ1) is 14.6. The van der Waals surface area contributed by atoms with E-state index in [1.165, 1.54) is 24.2 Å². The highest BCUT2D eigenvalue weighted by Crippen LogP contribution is 2.25. The van der Waals surface area contributed by atoms with E-state index in [-0.39, 0.29) is 5.91 Å². The van der Waals surface area contributed by atoms with Gasteiger partial charge in [0, 0.05) is 11.1 Å². The molecule has 3 rings (SSSR count). The van der Waals surface area contributed by atoms with Gasteiger partial charge in [-0.1, -0.05) is 0 Å². The Morgan fingerprint density at radius 3 is 2.57 bits per heavy atom. The second-order valence-electron chi connectivity index (χ2n) is 5.14. The number of hydrogen-bond acceptors (Lipinski definition) is 3. The highest BCUT2D eigenvalue weighted by molar-refractivity contribution is 9.11. The number of benzene rings is 1. The third kappa shape index (κ3) is 3.86. The number of amides is 1. The molecule has 1 aliphatic carbocycles. The number of carbonyl (C=O) groups excluding carboxylic acids is 1. The van der Waals surface area contributed by atoms with Crippen LogP contribution in [0.15, 0.2) is 39.5 Å². The van der Waals surface area contributed by atoms with Crippen LogP contribution >= 0.6 is 27.3 Å². The van der Waals surface area contributed by atoms with Gasteiger partial charge in [0.15, 0.2) is 0 Å². The molecule has 0 spiro atoms. The lowest BCUT2D eigenvalue weighted by Crippen LogP contribution is -2.12. The Morgan fingerprint density at radius 2 is 1.95 bits per heavy atom. The second kappa shape index (κ2) is 6.62. The number of rotatable bonds is 4. The van der Waals surface area contributed by atoms with Crippen molar-refractivity contribution in [2.24, 2.45) is 0 Å². The molecule has 1 amide bonds. The monoisotopic (exact) mass is 365 g/mol. The van der Waals surface area contributed by atoms with Gasteiger partial charge < -0.3 is 10.1 Å². The average Bonchev–Trinajstić information content (AvgIpc) is 3.12. The quantitative estimate of drug-likeness (QED) is 0.819. The van der Waals surface area contributed by atoms with Crippen molar-refractivity contribution in [1.29, 1.82) is 0 Å². The smallest absolute Gasteiger partial charge is 0.256 e. The number of halogens is 1. The van der Waals surface area contributed by atoms with Crippen LogP contribution in [0.5, 0.6) is 5.75 Å². The molecule has 1 aromatic carbocycles. The summed E-state index contributed by atoms with van der Waals surface area (Å²) >= 11 is 4.86. The van der Waals surface area contributed by atoms with Crippen LogP contribution in [0.3, 0.4) is 0 Å². The number of carbonyl (C=O) groups is 1. The second-order valence-corrected chi connectivity index (χ2v) is 7.43. The Kier molecular flexibility index (Phi) is 4.60. The molecule has 21 heavy (non-hydrogen) atoms. The lowest BCUT2D eigenvalue weighted by Gasteiger charge is -2.13. The van der Waals surface area contributed by atoms with E-state index in [1.807, 2.05) is 35.7 Å². The summed E-state index contributed by atoms with van der Waals surface area (Å²) in [5, 5.41) is 4.71. The van der Waals surface area contributed by atoms with E-state index in [0.717, 1.165) is 28.1 Å². The third-order valence-corrected chi connectivity index (χ3v) is 5.05. The molecule has 0 bridgehead atoms. The standard InChI is InChI=1S/C16H16BrNO2S/c17-15-9-11(10-21-15)16(19)18-12-5-7-14(8-6-12)20-13-3-1-2-4-13/h5-10,13H,1-4H2,(H,18,19). The van der Waals surface area contributed by atoms with Crippen LogP contribution in [-0.2, 0) is 0 Å². The summed E-state index contributed by atoms with van der Waals surface area (Å²) in [5.41, 5.74) is 1.44. The molecule has 0 saturated heterocycles. The minimum Gasteiger partial charge on any atom is -0.490 e. The summed E-state index contributed by atoms with van der Waals surface area (Å²) < 4.78 is 6.86. The van der Waals surface area contributed by atoms with Gasteiger partial charge in [0.05, 0.1) is 15.5 Å². The van der Waals surface area contributed by atoms with Crippen molar-refractivity contribution in [3.63, 3.8) is 0 Å². The normalized spacial score (nSPS) is 15.1. The van der Waals surface area contributed by atoms with Crippen LogP contribution in [0.2, 0.25) is 0 Å². The summed E-state index contributed by atoms with van der Waals surface area (Å²) in [6.45, 7) is 0. The van der Waals surface area contributed by atoms with Crippen LogP contribution in [0, 0.1) is 0 Å². The fourth-order valence-electron chi connectivity index (χ4n) is 2.45. The van der Waals surface area contributed by atoms with Crippen molar-refractivity contribution < 1.29 is 9.53 Å². The molecular weight excluding hydrogens is 350 g/mol. The lowest BCUT2D eigenvalue weighted by molar-refractivity contribution is 0.102. The summed E-state index contributed by atoms with van der Waals surface area (Å²) in [6, 6.07) is 9.40. The number of hydrogen-bond donors (Lipinski definition) is 1. The zero-order chi connectivity index (χ0) is 14.7. The number of nitrogens with one attached hydrogen (secondary N) is 1. The molecule has 1 saturated carbocycles. The van der Waals surface area contributed by atoms with E-state index >= 15 is 0 Å². The molecule has 5 heteroatoms. The van der Waals surface area contributed by atoms with Gasteiger partial charge in [0.1, 0.15) is 5.75 Å². The molecule has 1 heterocycles. The van der Waals surface area contributed by atoms with Gasteiger partial charge >= 0.3 is 0 Å². The predicted octanol–water partition coefficient (Wildman–Crippen LogP) is 5.08. The summed E-state index contributed by atoms with van der Waals surface area (Å²) in [6.07, 6.45) is 5.16. The van der Waals surface area contributed by atoms with Gasteiger partial charge in [-0.05, 0) is 71.9 Å². The minimum absolute atomic E-state index is 0.0959. The van der Waals surface area contributed by atoms with Crippen molar-refractivity contribution in [3.8, 4) is 5.75 Å². The largest absolute Gasteiger partial charge is 0.490 e. The van der Waals surface area contributed by atoms with Crippen molar-refractivity contribution in [1.82, 2.24) is 0 Å². The zero-order valence-corrected chi connectivity index (χ0v) is 13.9. The van der Waals surface area contributed by atoms with Crippen LogP contribution in [-0.4, -0.2) is 12.0 Å². The van der Waals surface area contributed by atoms with Crippen molar-refractivity contribution in [2.45, 2.75) is 31.8 Å². The zero-order valence-electron chi connectivity index (χ0n) is 11.5. The van der Waals surface area contributed by atoms with E-state index < -0.39 is 0 Å². The first-order valence-electron chi connectivity index (χ1n) is 7.03. The fraction of sp³-hybridized carbons (Fsp3) is 0.312.